The molecule has 5 atom stereocenters. The molecule has 196 valence electrons. The van der Waals surface area contributed by atoms with Crippen molar-refractivity contribution in [3.8, 4) is 0 Å². The van der Waals surface area contributed by atoms with E-state index in [1.165, 1.54) is 24.3 Å². The van der Waals surface area contributed by atoms with Crippen molar-refractivity contribution in [2.45, 2.75) is 104 Å². The van der Waals surface area contributed by atoms with E-state index >= 15 is 4.39 Å². The molecule has 0 aliphatic carbocycles. The molecule has 0 amide bonds. The van der Waals surface area contributed by atoms with Crippen LogP contribution in [0.3, 0.4) is 0 Å². The first-order valence-electron chi connectivity index (χ1n) is 12.3. The lowest BCUT2D eigenvalue weighted by Crippen LogP contribution is -2.49. The molecule has 2 aliphatic heterocycles. The number of fused-ring (bicyclic) bond motifs is 1. The van der Waals surface area contributed by atoms with Gasteiger partial charge in [0, 0.05) is 29.6 Å². The largest absolute Gasteiger partial charge is 0.455 e. The molecule has 0 radical (unpaired) electrons. The molecular formula is C26H38FNO6S. The van der Waals surface area contributed by atoms with Gasteiger partial charge in [0.1, 0.15) is 11.6 Å². The average Bonchev–Trinajstić information content (AvgIpc) is 3.22. The summed E-state index contributed by atoms with van der Waals surface area (Å²) in [5.41, 5.74) is -1.03. The molecule has 2 saturated heterocycles. The van der Waals surface area contributed by atoms with Gasteiger partial charge in [-0.25, -0.2) is 9.37 Å². The molecule has 0 saturated carbocycles. The first kappa shape index (κ1) is 27.9. The summed E-state index contributed by atoms with van der Waals surface area (Å²) in [6.45, 7) is 10.3. The van der Waals surface area contributed by atoms with Crippen LogP contribution >= 0.6 is 11.3 Å². The van der Waals surface area contributed by atoms with E-state index in [-0.39, 0.29) is 31.1 Å². The van der Waals surface area contributed by atoms with Gasteiger partial charge in [0.25, 0.3) is 0 Å². The van der Waals surface area contributed by atoms with Crippen LogP contribution in [0.2, 0.25) is 0 Å². The van der Waals surface area contributed by atoms with E-state index in [0.717, 1.165) is 5.01 Å². The van der Waals surface area contributed by atoms with Crippen LogP contribution in [0, 0.1) is 24.2 Å². The van der Waals surface area contributed by atoms with Crippen LogP contribution in [0.5, 0.6) is 0 Å². The molecule has 1 aromatic heterocycles. The van der Waals surface area contributed by atoms with Crippen LogP contribution in [-0.2, 0) is 19.1 Å². The van der Waals surface area contributed by atoms with Crippen molar-refractivity contribution < 1.29 is 33.7 Å². The number of thiazole rings is 1. The number of ether oxygens (including phenoxy) is 2. The Kier molecular flexibility index (Phi) is 8.26. The van der Waals surface area contributed by atoms with E-state index in [9.17, 15) is 19.8 Å². The number of cyclic esters (lactones) is 1. The van der Waals surface area contributed by atoms with Crippen LogP contribution < -0.4 is 0 Å². The molecule has 9 heteroatoms. The minimum absolute atomic E-state index is 0.104. The number of nitrogens with zero attached hydrogens (tertiary/aromatic N) is 1. The number of aromatic nitrogens is 1. The second kappa shape index (κ2) is 10.4. The maximum absolute atomic E-state index is 15.3. The monoisotopic (exact) mass is 511 g/mol. The highest BCUT2D eigenvalue weighted by Gasteiger charge is 2.53. The number of aliphatic hydroxyl groups is 2. The predicted molar refractivity (Wildman–Crippen MR) is 131 cm³/mol. The van der Waals surface area contributed by atoms with E-state index in [0.29, 0.717) is 25.0 Å². The minimum atomic E-state index is -2.16. The zero-order valence-corrected chi connectivity index (χ0v) is 22.3. The number of carbonyl (C=O) groups excluding carboxylic acids is 2. The lowest BCUT2D eigenvalue weighted by Gasteiger charge is -2.37. The summed E-state index contributed by atoms with van der Waals surface area (Å²) < 4.78 is 26.7. The van der Waals surface area contributed by atoms with Crippen LogP contribution in [0.15, 0.2) is 11.2 Å². The molecular weight excluding hydrogens is 473 g/mol. The minimum Gasteiger partial charge on any atom is -0.455 e. The number of hydrogen-bond acceptors (Lipinski definition) is 8. The van der Waals surface area contributed by atoms with E-state index in [2.05, 4.69) is 4.98 Å². The number of epoxide rings is 1. The summed E-state index contributed by atoms with van der Waals surface area (Å²) in [4.78, 5) is 30.1. The van der Waals surface area contributed by atoms with E-state index in [4.69, 9.17) is 9.47 Å². The zero-order chi connectivity index (χ0) is 26.2. The van der Waals surface area contributed by atoms with Gasteiger partial charge in [0.05, 0.1) is 28.3 Å². The lowest BCUT2D eigenvalue weighted by atomic mass is 9.73. The highest BCUT2D eigenvalue weighted by atomic mass is 32.1. The van der Waals surface area contributed by atoms with Gasteiger partial charge in [-0.15, -0.1) is 11.3 Å². The number of hydrogen-bond donors (Lipinski definition) is 2. The second-order valence-corrected chi connectivity index (χ2v) is 12.1. The topological polar surface area (TPSA) is 109 Å². The van der Waals surface area contributed by atoms with Gasteiger partial charge in [0.15, 0.2) is 11.9 Å². The van der Waals surface area contributed by atoms with Crippen LogP contribution in [0.1, 0.15) is 83.8 Å². The van der Waals surface area contributed by atoms with Gasteiger partial charge in [0.2, 0.25) is 0 Å². The van der Waals surface area contributed by atoms with Crippen molar-refractivity contribution in [2.24, 2.45) is 17.3 Å². The number of rotatable bonds is 2. The Morgan fingerprint density at radius 1 is 1.23 bits per heavy atom. The summed E-state index contributed by atoms with van der Waals surface area (Å²) in [5, 5.41) is 24.1. The van der Waals surface area contributed by atoms with Crippen molar-refractivity contribution in [3.05, 3.63) is 21.9 Å². The number of halogens is 1. The third-order valence-corrected chi connectivity index (χ3v) is 8.45. The molecule has 0 aromatic carbocycles. The Morgan fingerprint density at radius 3 is 2.54 bits per heavy atom. The third-order valence-electron chi connectivity index (χ3n) is 7.65. The first-order chi connectivity index (χ1) is 16.2. The quantitative estimate of drug-likeness (QED) is 0.335. The molecule has 2 aliphatic rings. The molecule has 7 nitrogen and oxygen atoms in total. The summed E-state index contributed by atoms with van der Waals surface area (Å²) in [6.07, 6.45) is 1.87. The Hall–Kier alpha value is -1.68. The van der Waals surface area contributed by atoms with Crippen LogP contribution in [-0.4, -0.2) is 50.5 Å². The Bertz CT molecular complexity index is 973. The summed E-state index contributed by atoms with van der Waals surface area (Å²) in [6, 6.07) is 0. The van der Waals surface area contributed by atoms with Crippen molar-refractivity contribution in [3.63, 3.8) is 0 Å². The number of esters is 1. The van der Waals surface area contributed by atoms with Crippen molar-refractivity contribution in [2.75, 3.05) is 0 Å². The van der Waals surface area contributed by atoms with E-state index in [1.807, 2.05) is 13.8 Å². The smallest absolute Gasteiger partial charge is 0.306 e. The van der Waals surface area contributed by atoms with Gasteiger partial charge in [-0.2, -0.15) is 0 Å². The molecule has 5 unspecified atom stereocenters. The standard InChI is InChI=1S/C26H38FNO6S/c1-15-8-7-10-25(6)21(34-25)13-20(19(27)12-18-14-35-17(3)28-18)33-22(29)9-11-24(4,5)23(30)16(2)26(15,31)32/h12,14-16,20-21,31-32H,7-11,13H2,1-6H3. The van der Waals surface area contributed by atoms with Gasteiger partial charge >= 0.3 is 5.97 Å². The highest BCUT2D eigenvalue weighted by molar-refractivity contribution is 7.09. The van der Waals surface area contributed by atoms with Crippen LogP contribution in [0.4, 0.5) is 4.39 Å². The molecule has 35 heavy (non-hydrogen) atoms. The highest BCUT2D eigenvalue weighted by Crippen LogP contribution is 2.45. The van der Waals surface area contributed by atoms with Gasteiger partial charge in [-0.3, -0.25) is 9.59 Å². The molecule has 0 spiro atoms. The molecule has 2 N–H and O–H groups in total. The molecule has 2 fully saturated rings. The summed E-state index contributed by atoms with van der Waals surface area (Å²) >= 11 is 1.41. The van der Waals surface area contributed by atoms with Crippen molar-refractivity contribution in [1.29, 1.82) is 0 Å². The zero-order valence-electron chi connectivity index (χ0n) is 21.5. The number of ketones is 1. The third kappa shape index (κ3) is 6.56. The first-order valence-corrected chi connectivity index (χ1v) is 13.2. The Morgan fingerprint density at radius 2 is 1.91 bits per heavy atom. The maximum atomic E-state index is 15.3. The number of carbonyl (C=O) groups is 2. The van der Waals surface area contributed by atoms with Crippen molar-refractivity contribution in [1.82, 2.24) is 4.98 Å². The fourth-order valence-corrected chi connectivity index (χ4v) is 5.40. The number of Topliss-reactive ketones (excluding diaryl/α,β-unsaturated/α-hetero) is 1. The Balaban J connectivity index is 1.84. The SMILES string of the molecule is Cc1nc(C=C(F)C2CC3OC3(C)CCCC(C)C(O)(O)C(C)C(=O)C(C)(C)CCC(=O)O2)cs1. The Labute approximate surface area is 210 Å². The fourth-order valence-electron chi connectivity index (χ4n) is 4.83. The van der Waals surface area contributed by atoms with E-state index < -0.39 is 46.5 Å². The van der Waals surface area contributed by atoms with Gasteiger partial charge in [-0.05, 0) is 39.2 Å². The van der Waals surface area contributed by atoms with Crippen molar-refractivity contribution >= 4 is 29.2 Å². The van der Waals surface area contributed by atoms with Gasteiger partial charge in [-0.1, -0.05) is 34.1 Å². The predicted octanol–water partition coefficient (Wildman–Crippen LogP) is 4.73. The lowest BCUT2D eigenvalue weighted by molar-refractivity contribution is -0.230. The molecule has 3 heterocycles. The molecule has 1 aromatic rings. The normalized spacial score (nSPS) is 34.7. The maximum Gasteiger partial charge on any atom is 0.306 e. The molecule has 3 rings (SSSR count). The van der Waals surface area contributed by atoms with Crippen LogP contribution in [0.25, 0.3) is 6.08 Å². The number of aryl methyl sites for hydroxylation is 1. The molecule has 0 bridgehead atoms. The summed E-state index contributed by atoms with van der Waals surface area (Å²) in [7, 11) is 0. The van der Waals surface area contributed by atoms with E-state index in [1.54, 1.807) is 26.2 Å². The summed E-state index contributed by atoms with van der Waals surface area (Å²) in [5.74, 6) is -5.29. The average molecular weight is 512 g/mol. The second-order valence-electron chi connectivity index (χ2n) is 11.0. The van der Waals surface area contributed by atoms with Gasteiger partial charge < -0.3 is 19.7 Å². The fraction of sp³-hybridized carbons (Fsp3) is 0.731.